The number of amides is 1. The van der Waals surface area contributed by atoms with Gasteiger partial charge in [-0.3, -0.25) is 14.9 Å². The van der Waals surface area contributed by atoms with E-state index in [9.17, 15) is 9.59 Å². The maximum Gasteiger partial charge on any atom is 0.257 e. The second kappa shape index (κ2) is 13.4. The number of nitrogens with one attached hydrogen (secondary N) is 3. The van der Waals surface area contributed by atoms with Crippen molar-refractivity contribution >= 4 is 34.7 Å². The molecule has 1 amide bonds. The van der Waals surface area contributed by atoms with E-state index in [4.69, 9.17) is 12.2 Å². The minimum absolute atomic E-state index is 0. The molecule has 0 bridgehead atoms. The van der Waals surface area contributed by atoms with Gasteiger partial charge in [0.25, 0.3) is 5.91 Å². The second-order valence-electron chi connectivity index (χ2n) is 9.56. The number of halogens is 1. The van der Waals surface area contributed by atoms with E-state index in [1.807, 2.05) is 48.5 Å². The zero-order valence-electron chi connectivity index (χ0n) is 20.3. The summed E-state index contributed by atoms with van der Waals surface area (Å²) < 4.78 is 0. The Morgan fingerprint density at radius 1 is 0.939 bits per heavy atom. The van der Waals surface area contributed by atoms with Gasteiger partial charge in [0.1, 0.15) is 5.78 Å². The third-order valence-corrected chi connectivity index (χ3v) is 5.44. The summed E-state index contributed by atoms with van der Waals surface area (Å²) in [5.74, 6) is 0.0146. The first kappa shape index (κ1) is 28.8. The van der Waals surface area contributed by atoms with Gasteiger partial charge in [0, 0.05) is 24.1 Å². The maximum absolute atomic E-state index is 12.4. The first-order valence-electron chi connectivity index (χ1n) is 11.2. The molecule has 2 aromatic carbocycles. The Labute approximate surface area is 209 Å². The molecule has 33 heavy (non-hydrogen) atoms. The molecule has 0 aliphatic carbocycles. The van der Waals surface area contributed by atoms with Gasteiger partial charge in [0.05, 0.1) is 20.6 Å². The molecule has 0 saturated carbocycles. The number of quaternary nitrogens is 1. The molecule has 3 N–H and O–H groups in total. The highest BCUT2D eigenvalue weighted by Crippen LogP contribution is 2.22. The highest BCUT2D eigenvalue weighted by atomic mass is 35.5. The fraction of sp³-hybridized carbons (Fsp3) is 0.423. The van der Waals surface area contributed by atoms with Gasteiger partial charge in [-0.1, -0.05) is 45.0 Å². The number of Topliss-reactive ketones (excluding diaryl/α,β-unsaturated/α-hetero) is 1. The smallest absolute Gasteiger partial charge is 0.257 e. The summed E-state index contributed by atoms with van der Waals surface area (Å²) in [5, 5.41) is 5.97. The van der Waals surface area contributed by atoms with E-state index in [0.29, 0.717) is 18.4 Å². The predicted octanol–water partition coefficient (Wildman–Crippen LogP) is 0.541. The van der Waals surface area contributed by atoms with Crippen molar-refractivity contribution in [2.24, 2.45) is 0 Å². The molecule has 7 heteroatoms. The Morgan fingerprint density at radius 2 is 1.55 bits per heavy atom. The van der Waals surface area contributed by atoms with Gasteiger partial charge in [-0.05, 0) is 65.9 Å². The molecule has 0 aliphatic heterocycles. The largest absolute Gasteiger partial charge is 1.00 e. The summed E-state index contributed by atoms with van der Waals surface area (Å²) in [4.78, 5) is 26.0. The highest BCUT2D eigenvalue weighted by molar-refractivity contribution is 7.80. The third kappa shape index (κ3) is 10.5. The molecule has 0 atom stereocenters. The summed E-state index contributed by atoms with van der Waals surface area (Å²) in [5.41, 5.74) is 3.51. The van der Waals surface area contributed by atoms with Crippen LogP contribution < -0.4 is 27.9 Å². The van der Waals surface area contributed by atoms with E-state index in [-0.39, 0.29) is 34.6 Å². The van der Waals surface area contributed by atoms with Crippen molar-refractivity contribution in [3.63, 3.8) is 0 Å². The SMILES string of the molecule is C[NH+](C)CCCCC(=O)Cc1ccc(NC(=S)NC(=O)c2ccc(C(C)(C)C)cc2)cc1.[Cl-]. The third-order valence-electron chi connectivity index (χ3n) is 5.24. The van der Waals surface area contributed by atoms with Crippen LogP contribution in [0.3, 0.4) is 0 Å². The van der Waals surface area contributed by atoms with Gasteiger partial charge in [-0.15, -0.1) is 0 Å². The van der Waals surface area contributed by atoms with Gasteiger partial charge in [0.2, 0.25) is 0 Å². The Morgan fingerprint density at radius 3 is 2.09 bits per heavy atom. The van der Waals surface area contributed by atoms with Gasteiger partial charge in [-0.25, -0.2) is 0 Å². The van der Waals surface area contributed by atoms with Crippen LogP contribution >= 0.6 is 12.2 Å². The quantitative estimate of drug-likeness (QED) is 0.355. The van der Waals surface area contributed by atoms with Crippen LogP contribution in [0.1, 0.15) is 61.5 Å². The lowest BCUT2D eigenvalue weighted by Gasteiger charge is -2.19. The molecule has 0 saturated heterocycles. The number of benzene rings is 2. The van der Waals surface area contributed by atoms with Crippen molar-refractivity contribution < 1.29 is 26.9 Å². The standard InChI is InChI=1S/C26H35N3O2S.ClH/c1-26(2,3)21-13-11-20(12-14-21)24(31)28-25(32)27-22-15-9-19(10-16-22)18-23(30)8-6-7-17-29(4)5;/h9-16H,6-8,17-18H2,1-5H3,(H2,27,28,31,32);1H. The molecular formula is C26H36ClN3O2S. The van der Waals surface area contributed by atoms with Crippen molar-refractivity contribution in [3.8, 4) is 0 Å². The molecule has 0 heterocycles. The molecule has 0 unspecified atom stereocenters. The number of hydrogen-bond acceptors (Lipinski definition) is 3. The van der Waals surface area contributed by atoms with E-state index in [2.05, 4.69) is 45.5 Å². The number of carbonyl (C=O) groups is 2. The Bertz CT molecular complexity index is 920. The number of unbranched alkanes of at least 4 members (excludes halogenated alkanes) is 1. The number of carbonyl (C=O) groups excluding carboxylic acids is 2. The van der Waals surface area contributed by atoms with Crippen LogP contribution in [-0.2, 0) is 16.6 Å². The van der Waals surface area contributed by atoms with Crippen LogP contribution in [0.2, 0.25) is 0 Å². The Balaban J connectivity index is 0.00000544. The van der Waals surface area contributed by atoms with Crippen molar-refractivity contribution in [1.82, 2.24) is 5.32 Å². The maximum atomic E-state index is 12.4. The summed E-state index contributed by atoms with van der Waals surface area (Å²) in [7, 11) is 4.25. The lowest BCUT2D eigenvalue weighted by molar-refractivity contribution is -0.858. The van der Waals surface area contributed by atoms with Crippen LogP contribution in [0.4, 0.5) is 5.69 Å². The zero-order valence-corrected chi connectivity index (χ0v) is 21.8. The first-order valence-corrected chi connectivity index (χ1v) is 11.6. The lowest BCUT2D eigenvalue weighted by Crippen LogP contribution is -3.05. The van der Waals surface area contributed by atoms with Crippen molar-refractivity contribution in [3.05, 3.63) is 65.2 Å². The molecule has 0 fully saturated rings. The van der Waals surface area contributed by atoms with Crippen LogP contribution in [0.15, 0.2) is 48.5 Å². The normalized spacial score (nSPS) is 11.0. The number of ketones is 1. The van der Waals surface area contributed by atoms with Gasteiger partial charge in [-0.2, -0.15) is 0 Å². The summed E-state index contributed by atoms with van der Waals surface area (Å²) in [6, 6.07) is 15.1. The van der Waals surface area contributed by atoms with E-state index in [1.165, 1.54) is 10.5 Å². The van der Waals surface area contributed by atoms with E-state index < -0.39 is 0 Å². The Hall–Kier alpha value is -2.28. The number of hydrogen-bond donors (Lipinski definition) is 3. The molecule has 0 spiro atoms. The summed E-state index contributed by atoms with van der Waals surface area (Å²) in [6.45, 7) is 7.49. The summed E-state index contributed by atoms with van der Waals surface area (Å²) in [6.07, 6.45) is 3.08. The van der Waals surface area contributed by atoms with Crippen molar-refractivity contribution in [2.45, 2.75) is 51.9 Å². The van der Waals surface area contributed by atoms with E-state index in [1.54, 1.807) is 0 Å². The zero-order chi connectivity index (χ0) is 23.7. The fourth-order valence-corrected chi connectivity index (χ4v) is 3.49. The number of anilines is 1. The Kier molecular flexibility index (Phi) is 11.7. The van der Waals surface area contributed by atoms with Crippen molar-refractivity contribution in [1.29, 1.82) is 0 Å². The molecule has 0 aliphatic rings. The van der Waals surface area contributed by atoms with Gasteiger partial charge in [0.15, 0.2) is 5.11 Å². The molecule has 2 rings (SSSR count). The lowest BCUT2D eigenvalue weighted by atomic mass is 9.87. The molecule has 5 nitrogen and oxygen atoms in total. The average molecular weight is 490 g/mol. The highest BCUT2D eigenvalue weighted by Gasteiger charge is 2.15. The predicted molar refractivity (Wildman–Crippen MR) is 136 cm³/mol. The second-order valence-corrected chi connectivity index (χ2v) is 9.97. The summed E-state index contributed by atoms with van der Waals surface area (Å²) >= 11 is 5.28. The topological polar surface area (TPSA) is 62.6 Å². The van der Waals surface area contributed by atoms with Crippen LogP contribution in [0.25, 0.3) is 0 Å². The average Bonchev–Trinajstić information content (AvgIpc) is 2.72. The minimum atomic E-state index is -0.249. The molecular weight excluding hydrogens is 454 g/mol. The monoisotopic (exact) mass is 489 g/mol. The molecule has 180 valence electrons. The number of thiocarbonyl (C=S) groups is 1. The van der Waals surface area contributed by atoms with Crippen molar-refractivity contribution in [2.75, 3.05) is 26.0 Å². The van der Waals surface area contributed by atoms with Gasteiger partial charge < -0.3 is 22.6 Å². The van der Waals surface area contributed by atoms with E-state index >= 15 is 0 Å². The van der Waals surface area contributed by atoms with Crippen LogP contribution in [0, 0.1) is 0 Å². The number of rotatable bonds is 9. The minimum Gasteiger partial charge on any atom is -1.00 e. The van der Waals surface area contributed by atoms with Crippen LogP contribution in [-0.4, -0.2) is 37.4 Å². The fourth-order valence-electron chi connectivity index (χ4n) is 3.28. The van der Waals surface area contributed by atoms with Crippen LogP contribution in [0.5, 0.6) is 0 Å². The van der Waals surface area contributed by atoms with Gasteiger partial charge >= 0.3 is 0 Å². The molecule has 0 aromatic heterocycles. The molecule has 2 aromatic rings. The first-order chi connectivity index (χ1) is 15.0. The van der Waals surface area contributed by atoms with E-state index in [0.717, 1.165) is 30.6 Å². The molecule has 0 radical (unpaired) electrons.